The molecule has 1 unspecified atom stereocenters. The Bertz CT molecular complexity index is 458. The summed E-state index contributed by atoms with van der Waals surface area (Å²) in [6.07, 6.45) is 3.14. The topological polar surface area (TPSA) is 38.4 Å². The van der Waals surface area contributed by atoms with Gasteiger partial charge in [-0.3, -0.25) is 4.99 Å². The molecule has 104 valence electrons. The van der Waals surface area contributed by atoms with Gasteiger partial charge < -0.3 is 5.73 Å². The summed E-state index contributed by atoms with van der Waals surface area (Å²) < 4.78 is 13.0. The number of nitrogens with two attached hydrogens (primary N) is 1. The van der Waals surface area contributed by atoms with Crippen LogP contribution < -0.4 is 5.73 Å². The number of benzene rings is 1. The number of nitrogens with zero attached hydrogens (tertiary/aromatic N) is 1. The first-order valence-electron chi connectivity index (χ1n) is 6.52. The summed E-state index contributed by atoms with van der Waals surface area (Å²) in [5.41, 5.74) is 6.88. The van der Waals surface area contributed by atoms with Gasteiger partial charge in [-0.05, 0) is 29.5 Å². The van der Waals surface area contributed by atoms with Crippen molar-refractivity contribution in [3.05, 3.63) is 48.3 Å². The monoisotopic (exact) mass is 262 g/mol. The molecule has 2 N–H and O–H groups in total. The molecule has 0 aromatic heterocycles. The van der Waals surface area contributed by atoms with Crippen LogP contribution in [-0.4, -0.2) is 11.9 Å². The smallest absolute Gasteiger partial charge is 0.123 e. The SMILES string of the molecule is C=CC(N=C(N)CCc1cccc(F)c1)C(C)(C)C. The van der Waals surface area contributed by atoms with E-state index in [0.29, 0.717) is 18.7 Å². The fourth-order valence-electron chi connectivity index (χ4n) is 1.81. The van der Waals surface area contributed by atoms with Crippen LogP contribution in [-0.2, 0) is 6.42 Å². The maximum atomic E-state index is 13.0. The van der Waals surface area contributed by atoms with Gasteiger partial charge in [0, 0.05) is 6.42 Å². The van der Waals surface area contributed by atoms with E-state index < -0.39 is 0 Å². The average molecular weight is 262 g/mol. The molecular weight excluding hydrogens is 239 g/mol. The Morgan fingerprint density at radius 3 is 2.68 bits per heavy atom. The van der Waals surface area contributed by atoms with E-state index in [4.69, 9.17) is 5.73 Å². The van der Waals surface area contributed by atoms with Gasteiger partial charge in [0.1, 0.15) is 5.82 Å². The van der Waals surface area contributed by atoms with Gasteiger partial charge in [-0.15, -0.1) is 6.58 Å². The molecule has 2 nitrogen and oxygen atoms in total. The normalized spacial score (nSPS) is 14.2. The van der Waals surface area contributed by atoms with Crippen LogP contribution in [0.5, 0.6) is 0 Å². The van der Waals surface area contributed by atoms with Crippen LogP contribution in [0.4, 0.5) is 4.39 Å². The van der Waals surface area contributed by atoms with E-state index in [1.54, 1.807) is 6.07 Å². The van der Waals surface area contributed by atoms with Crippen LogP contribution in [0.3, 0.4) is 0 Å². The third kappa shape index (κ3) is 5.25. The van der Waals surface area contributed by atoms with E-state index >= 15 is 0 Å². The Balaban J connectivity index is 2.64. The average Bonchev–Trinajstić information content (AvgIpc) is 2.32. The molecule has 0 aliphatic carbocycles. The number of halogens is 1. The van der Waals surface area contributed by atoms with Gasteiger partial charge in [-0.2, -0.15) is 0 Å². The maximum absolute atomic E-state index is 13.0. The lowest BCUT2D eigenvalue weighted by Gasteiger charge is -2.24. The minimum Gasteiger partial charge on any atom is -0.387 e. The van der Waals surface area contributed by atoms with Gasteiger partial charge in [0.15, 0.2) is 0 Å². The van der Waals surface area contributed by atoms with Crippen molar-refractivity contribution < 1.29 is 4.39 Å². The van der Waals surface area contributed by atoms with Gasteiger partial charge >= 0.3 is 0 Å². The van der Waals surface area contributed by atoms with E-state index in [-0.39, 0.29) is 17.3 Å². The van der Waals surface area contributed by atoms with Gasteiger partial charge in [-0.25, -0.2) is 4.39 Å². The zero-order valence-electron chi connectivity index (χ0n) is 12.0. The molecule has 0 spiro atoms. The molecule has 0 aliphatic heterocycles. The molecule has 0 bridgehead atoms. The molecule has 0 aliphatic rings. The summed E-state index contributed by atoms with van der Waals surface area (Å²) >= 11 is 0. The predicted molar refractivity (Wildman–Crippen MR) is 79.8 cm³/mol. The van der Waals surface area contributed by atoms with Crippen LogP contribution in [0, 0.1) is 11.2 Å². The molecule has 0 fully saturated rings. The number of rotatable bonds is 5. The lowest BCUT2D eigenvalue weighted by atomic mass is 9.87. The molecule has 19 heavy (non-hydrogen) atoms. The fraction of sp³-hybridized carbons (Fsp3) is 0.438. The van der Waals surface area contributed by atoms with E-state index in [9.17, 15) is 4.39 Å². The molecule has 0 radical (unpaired) electrons. The van der Waals surface area contributed by atoms with E-state index in [0.717, 1.165) is 5.56 Å². The lowest BCUT2D eigenvalue weighted by Crippen LogP contribution is -2.26. The summed E-state index contributed by atoms with van der Waals surface area (Å²) in [6.45, 7) is 10.1. The highest BCUT2D eigenvalue weighted by Gasteiger charge is 2.20. The zero-order valence-corrected chi connectivity index (χ0v) is 12.0. The molecule has 1 aromatic carbocycles. The molecule has 1 aromatic rings. The molecule has 0 saturated heterocycles. The third-order valence-electron chi connectivity index (χ3n) is 2.97. The van der Waals surface area contributed by atoms with Crippen LogP contribution >= 0.6 is 0 Å². The fourth-order valence-corrected chi connectivity index (χ4v) is 1.81. The molecule has 0 heterocycles. The Labute approximate surface area is 115 Å². The van der Waals surface area contributed by atoms with E-state index in [1.807, 2.05) is 12.1 Å². The maximum Gasteiger partial charge on any atom is 0.123 e. The van der Waals surface area contributed by atoms with Crippen LogP contribution in [0.15, 0.2) is 41.9 Å². The second-order valence-corrected chi connectivity index (χ2v) is 5.80. The minimum atomic E-state index is -0.216. The number of aliphatic imine (C=N–C) groups is 1. The van der Waals surface area contributed by atoms with Crippen molar-refractivity contribution in [3.8, 4) is 0 Å². The highest BCUT2D eigenvalue weighted by Crippen LogP contribution is 2.23. The van der Waals surface area contributed by atoms with Crippen LogP contribution in [0.1, 0.15) is 32.8 Å². The number of amidine groups is 1. The second-order valence-electron chi connectivity index (χ2n) is 5.80. The van der Waals surface area contributed by atoms with Crippen molar-refractivity contribution in [2.24, 2.45) is 16.1 Å². The zero-order chi connectivity index (χ0) is 14.5. The first kappa shape index (κ1) is 15.4. The Morgan fingerprint density at radius 2 is 2.16 bits per heavy atom. The second kappa shape index (κ2) is 6.50. The molecule has 0 amide bonds. The third-order valence-corrected chi connectivity index (χ3v) is 2.97. The van der Waals surface area contributed by atoms with Gasteiger partial charge in [-0.1, -0.05) is 39.0 Å². The number of hydrogen-bond donors (Lipinski definition) is 1. The van der Waals surface area contributed by atoms with Crippen LogP contribution in [0.2, 0.25) is 0 Å². The van der Waals surface area contributed by atoms with Crippen molar-refractivity contribution in [1.29, 1.82) is 0 Å². The Kier molecular flexibility index (Phi) is 5.28. The summed E-state index contributed by atoms with van der Waals surface area (Å²) in [5.74, 6) is 0.371. The van der Waals surface area contributed by atoms with Gasteiger partial charge in [0.25, 0.3) is 0 Å². The van der Waals surface area contributed by atoms with Crippen LogP contribution in [0.25, 0.3) is 0 Å². The van der Waals surface area contributed by atoms with Gasteiger partial charge in [0.05, 0.1) is 11.9 Å². The molecule has 3 heteroatoms. The van der Waals surface area contributed by atoms with Crippen molar-refractivity contribution in [2.75, 3.05) is 0 Å². The Hall–Kier alpha value is -1.64. The van der Waals surface area contributed by atoms with Crippen molar-refractivity contribution in [1.82, 2.24) is 0 Å². The minimum absolute atomic E-state index is 0.00000877. The molecule has 1 rings (SSSR count). The molecule has 1 atom stereocenters. The summed E-state index contributed by atoms with van der Waals surface area (Å²) in [5, 5.41) is 0. The van der Waals surface area contributed by atoms with E-state index in [2.05, 4.69) is 32.3 Å². The lowest BCUT2D eigenvalue weighted by molar-refractivity contribution is 0.368. The van der Waals surface area contributed by atoms with Crippen molar-refractivity contribution in [3.63, 3.8) is 0 Å². The predicted octanol–water partition coefficient (Wildman–Crippen LogP) is 3.72. The Morgan fingerprint density at radius 1 is 1.47 bits per heavy atom. The number of aryl methyl sites for hydroxylation is 1. The number of hydrogen-bond acceptors (Lipinski definition) is 1. The highest BCUT2D eigenvalue weighted by atomic mass is 19.1. The molecular formula is C16H23FN2. The van der Waals surface area contributed by atoms with Gasteiger partial charge in [0.2, 0.25) is 0 Å². The molecule has 0 saturated carbocycles. The summed E-state index contributed by atoms with van der Waals surface area (Å²) in [4.78, 5) is 4.49. The quantitative estimate of drug-likeness (QED) is 0.490. The first-order chi connectivity index (χ1) is 8.82. The van der Waals surface area contributed by atoms with E-state index in [1.165, 1.54) is 12.1 Å². The largest absolute Gasteiger partial charge is 0.387 e. The summed E-state index contributed by atoms with van der Waals surface area (Å²) in [6, 6.07) is 6.57. The first-order valence-corrected chi connectivity index (χ1v) is 6.52. The highest BCUT2D eigenvalue weighted by molar-refractivity contribution is 5.80. The van der Waals surface area contributed by atoms with Crippen molar-refractivity contribution >= 4 is 5.84 Å². The standard InChI is InChI=1S/C16H23FN2/c1-5-14(16(2,3)4)19-15(18)10-9-12-7-6-8-13(17)11-12/h5-8,11,14H,1,9-10H2,2-4H3,(H2,18,19). The summed E-state index contributed by atoms with van der Waals surface area (Å²) in [7, 11) is 0. The van der Waals surface area contributed by atoms with Crippen molar-refractivity contribution in [2.45, 2.75) is 39.7 Å².